The highest BCUT2D eigenvalue weighted by atomic mass is 16.5. The molecule has 0 spiro atoms. The van der Waals surface area contributed by atoms with Gasteiger partial charge in [0.1, 0.15) is 5.75 Å². The predicted octanol–water partition coefficient (Wildman–Crippen LogP) is 11.9. The van der Waals surface area contributed by atoms with Crippen molar-refractivity contribution < 1.29 is 4.74 Å². The van der Waals surface area contributed by atoms with Crippen LogP contribution in [0, 0.1) is 13.8 Å². The average molecular weight is 599 g/mol. The molecule has 0 saturated carbocycles. The van der Waals surface area contributed by atoms with Crippen molar-refractivity contribution in [2.45, 2.75) is 13.8 Å². The van der Waals surface area contributed by atoms with Gasteiger partial charge in [-0.3, -0.25) is 0 Å². The van der Waals surface area contributed by atoms with Crippen LogP contribution in [0.15, 0.2) is 146 Å². The number of ether oxygens (including phenoxy) is 1. The second-order valence-corrected chi connectivity index (χ2v) is 11.4. The van der Waals surface area contributed by atoms with Crippen LogP contribution in [0.4, 0.5) is 28.4 Å². The zero-order chi connectivity index (χ0) is 31.7. The monoisotopic (exact) mass is 598 g/mol. The Morgan fingerprint density at radius 2 is 0.717 bits per heavy atom. The normalized spacial score (nSPS) is 11.2. The highest BCUT2D eigenvalue weighted by molar-refractivity contribution is 5.79. The summed E-state index contributed by atoms with van der Waals surface area (Å²) in [6.45, 7) is 4.21. The van der Waals surface area contributed by atoms with E-state index < -0.39 is 0 Å². The molecule has 0 aliphatic heterocycles. The van der Waals surface area contributed by atoms with Gasteiger partial charge in [-0.25, -0.2) is 0 Å². The molecule has 0 atom stereocenters. The molecule has 226 valence electrons. The Balaban J connectivity index is 1.09. The number of rotatable bonds is 10. The van der Waals surface area contributed by atoms with E-state index in [9.17, 15) is 0 Å². The molecule has 1 N–H and O–H groups in total. The van der Waals surface area contributed by atoms with Crippen LogP contribution in [0.25, 0.3) is 24.3 Å². The van der Waals surface area contributed by atoms with Gasteiger partial charge >= 0.3 is 0 Å². The molecule has 6 rings (SSSR count). The topological polar surface area (TPSA) is 24.5 Å². The molecule has 0 bridgehead atoms. The Bertz CT molecular complexity index is 1900. The van der Waals surface area contributed by atoms with E-state index in [2.05, 4.69) is 182 Å². The standard InChI is InChI=1S/C43H38N2O/c1-32-4-20-38(21-5-32)44-39-22-16-36(17-23-39)14-12-34-8-10-35(11-9-34)13-15-37-18-26-41(27-19-37)45(40-24-6-33(2)7-25-40)42-28-30-43(46-3)31-29-42/h4-31,44H,1-3H3/b14-12-,15-13-. The van der Waals surface area contributed by atoms with E-state index in [-0.39, 0.29) is 0 Å². The van der Waals surface area contributed by atoms with Crippen molar-refractivity contribution in [2.24, 2.45) is 0 Å². The summed E-state index contributed by atoms with van der Waals surface area (Å²) in [5.74, 6) is 0.842. The zero-order valence-corrected chi connectivity index (χ0v) is 26.5. The van der Waals surface area contributed by atoms with E-state index in [1.807, 2.05) is 12.1 Å². The first-order valence-corrected chi connectivity index (χ1v) is 15.5. The Labute approximate surface area is 272 Å². The first-order valence-electron chi connectivity index (χ1n) is 15.5. The summed E-state index contributed by atoms with van der Waals surface area (Å²) in [7, 11) is 1.69. The van der Waals surface area contributed by atoms with Gasteiger partial charge in [-0.2, -0.15) is 0 Å². The highest BCUT2D eigenvalue weighted by Gasteiger charge is 2.12. The first-order chi connectivity index (χ1) is 22.5. The van der Waals surface area contributed by atoms with Gasteiger partial charge in [-0.05, 0) is 109 Å². The number of aryl methyl sites for hydroxylation is 2. The van der Waals surface area contributed by atoms with Crippen LogP contribution in [0.3, 0.4) is 0 Å². The summed E-state index contributed by atoms with van der Waals surface area (Å²) in [5.41, 5.74) is 12.6. The van der Waals surface area contributed by atoms with Gasteiger partial charge in [0, 0.05) is 28.4 Å². The largest absolute Gasteiger partial charge is 0.497 e. The van der Waals surface area contributed by atoms with Crippen molar-refractivity contribution in [3.05, 3.63) is 179 Å². The minimum atomic E-state index is 0.842. The quantitative estimate of drug-likeness (QED) is 0.159. The molecule has 0 amide bonds. The lowest BCUT2D eigenvalue weighted by Gasteiger charge is -2.26. The maximum absolute atomic E-state index is 5.38. The van der Waals surface area contributed by atoms with Crippen molar-refractivity contribution >= 4 is 52.7 Å². The van der Waals surface area contributed by atoms with Crippen LogP contribution in [0.5, 0.6) is 5.75 Å². The fourth-order valence-corrected chi connectivity index (χ4v) is 5.19. The van der Waals surface area contributed by atoms with E-state index in [1.54, 1.807) is 7.11 Å². The number of benzene rings is 6. The third-order valence-electron chi connectivity index (χ3n) is 7.90. The Kier molecular flexibility index (Phi) is 9.41. The van der Waals surface area contributed by atoms with Gasteiger partial charge in [0.25, 0.3) is 0 Å². The van der Waals surface area contributed by atoms with Gasteiger partial charge < -0.3 is 15.0 Å². The predicted molar refractivity (Wildman–Crippen MR) is 198 cm³/mol. The van der Waals surface area contributed by atoms with Crippen LogP contribution in [0.2, 0.25) is 0 Å². The molecule has 0 radical (unpaired) electrons. The number of methoxy groups -OCH3 is 1. The van der Waals surface area contributed by atoms with Crippen molar-refractivity contribution in [2.75, 3.05) is 17.3 Å². The molecule has 0 aliphatic rings. The van der Waals surface area contributed by atoms with Crippen molar-refractivity contribution in [3.8, 4) is 5.75 Å². The molecule has 3 heteroatoms. The maximum Gasteiger partial charge on any atom is 0.119 e. The van der Waals surface area contributed by atoms with Crippen molar-refractivity contribution in [3.63, 3.8) is 0 Å². The zero-order valence-electron chi connectivity index (χ0n) is 26.5. The van der Waals surface area contributed by atoms with Gasteiger partial charge in [0.2, 0.25) is 0 Å². The van der Waals surface area contributed by atoms with E-state index >= 15 is 0 Å². The second-order valence-electron chi connectivity index (χ2n) is 11.4. The van der Waals surface area contributed by atoms with Crippen LogP contribution in [-0.2, 0) is 0 Å². The van der Waals surface area contributed by atoms with Crippen molar-refractivity contribution in [1.29, 1.82) is 0 Å². The fraction of sp³-hybridized carbons (Fsp3) is 0.0698. The minimum absolute atomic E-state index is 0.842. The van der Waals surface area contributed by atoms with Gasteiger partial charge in [0.15, 0.2) is 0 Å². The molecular formula is C43H38N2O. The molecular weight excluding hydrogens is 560 g/mol. The van der Waals surface area contributed by atoms with E-state index in [1.165, 1.54) is 11.1 Å². The summed E-state index contributed by atoms with van der Waals surface area (Å²) in [6, 6.07) is 51.0. The number of anilines is 5. The fourth-order valence-electron chi connectivity index (χ4n) is 5.19. The molecule has 3 nitrogen and oxygen atoms in total. The third kappa shape index (κ3) is 7.82. The smallest absolute Gasteiger partial charge is 0.119 e. The maximum atomic E-state index is 5.38. The summed E-state index contributed by atoms with van der Waals surface area (Å²) in [6.07, 6.45) is 8.61. The minimum Gasteiger partial charge on any atom is -0.497 e. The number of hydrogen-bond donors (Lipinski definition) is 1. The average Bonchev–Trinajstić information content (AvgIpc) is 3.10. The number of nitrogens with one attached hydrogen (secondary N) is 1. The number of nitrogens with zero attached hydrogens (tertiary/aromatic N) is 1. The van der Waals surface area contributed by atoms with Crippen LogP contribution < -0.4 is 15.0 Å². The highest BCUT2D eigenvalue weighted by Crippen LogP contribution is 2.35. The van der Waals surface area contributed by atoms with Crippen molar-refractivity contribution in [1.82, 2.24) is 0 Å². The van der Waals surface area contributed by atoms with Crippen LogP contribution in [-0.4, -0.2) is 7.11 Å². The van der Waals surface area contributed by atoms with Crippen LogP contribution >= 0.6 is 0 Å². The molecule has 0 fully saturated rings. The van der Waals surface area contributed by atoms with Gasteiger partial charge in [-0.15, -0.1) is 0 Å². The molecule has 6 aromatic rings. The number of hydrogen-bond acceptors (Lipinski definition) is 3. The summed E-state index contributed by atoms with van der Waals surface area (Å²) in [5, 5.41) is 3.45. The molecule has 6 aromatic carbocycles. The Hall–Kier alpha value is -5.80. The molecule has 0 unspecified atom stereocenters. The molecule has 0 heterocycles. The first kappa shape index (κ1) is 30.2. The molecule has 0 aliphatic carbocycles. The van der Waals surface area contributed by atoms with E-state index in [4.69, 9.17) is 4.74 Å². The lowest BCUT2D eigenvalue weighted by Crippen LogP contribution is -2.09. The van der Waals surface area contributed by atoms with Gasteiger partial charge in [0.05, 0.1) is 7.11 Å². The van der Waals surface area contributed by atoms with Gasteiger partial charge in [-0.1, -0.05) is 108 Å². The van der Waals surface area contributed by atoms with Crippen LogP contribution in [0.1, 0.15) is 33.4 Å². The SMILES string of the molecule is COc1ccc(N(c2ccc(C)cc2)c2ccc(/C=C\c3ccc(/C=C\c4ccc(Nc5ccc(C)cc5)cc4)cc3)cc2)cc1. The Morgan fingerprint density at radius 3 is 1.13 bits per heavy atom. The molecule has 0 aromatic heterocycles. The molecule has 0 saturated heterocycles. The second kappa shape index (κ2) is 14.3. The summed E-state index contributed by atoms with van der Waals surface area (Å²) in [4.78, 5) is 2.26. The molecule has 46 heavy (non-hydrogen) atoms. The summed E-state index contributed by atoms with van der Waals surface area (Å²) >= 11 is 0. The lowest BCUT2D eigenvalue weighted by molar-refractivity contribution is 0.415. The Morgan fingerprint density at radius 1 is 0.413 bits per heavy atom. The van der Waals surface area contributed by atoms with E-state index in [0.717, 1.165) is 56.4 Å². The summed E-state index contributed by atoms with van der Waals surface area (Å²) < 4.78 is 5.38. The van der Waals surface area contributed by atoms with E-state index in [0.29, 0.717) is 0 Å². The lowest BCUT2D eigenvalue weighted by atomic mass is 10.1. The third-order valence-corrected chi connectivity index (χ3v) is 7.90.